The Hall–Kier alpha value is -0.890. The number of hydrogen-bond donors (Lipinski definition) is 1. The Morgan fingerprint density at radius 1 is 1.20 bits per heavy atom. The summed E-state index contributed by atoms with van der Waals surface area (Å²) < 4.78 is 15.4. The van der Waals surface area contributed by atoms with Crippen LogP contribution in [-0.2, 0) is 19.0 Å². The molecule has 1 N–H and O–H groups in total. The Morgan fingerprint density at radius 3 is 2.28 bits per heavy atom. The van der Waals surface area contributed by atoms with E-state index in [1.165, 1.54) is 11.3 Å². The van der Waals surface area contributed by atoms with E-state index in [4.69, 9.17) is 14.2 Å². The summed E-state index contributed by atoms with van der Waals surface area (Å²) in [6.45, 7) is 7.16. The summed E-state index contributed by atoms with van der Waals surface area (Å²) in [4.78, 5) is 23.7. The van der Waals surface area contributed by atoms with Gasteiger partial charge in [-0.3, -0.25) is 4.90 Å². The standard InChI is InChI=1S/C10H17NO3.C7H15NO2.ClH/c1-10(2,3)14-9(13)11-6-4-5-8(11)7-12;1-9-7(10-2)6-4-3-5-8-6;/h7-8H,4-6H2,1-3H3;6-8H,3-5H2,1-2H3;1H/t8-;6-;/m00./s1. The first-order chi connectivity index (χ1) is 11.3. The largest absolute Gasteiger partial charge is 0.444 e. The summed E-state index contributed by atoms with van der Waals surface area (Å²) in [5, 5.41) is 3.31. The van der Waals surface area contributed by atoms with Crippen LogP contribution in [0, 0.1) is 0 Å². The highest BCUT2D eigenvalue weighted by atomic mass is 35.5. The number of amides is 1. The van der Waals surface area contributed by atoms with Crippen molar-refractivity contribution in [3.63, 3.8) is 0 Å². The number of methoxy groups -OCH3 is 2. The van der Waals surface area contributed by atoms with Crippen molar-refractivity contribution in [1.82, 2.24) is 10.2 Å². The number of rotatable bonds is 4. The molecule has 2 saturated heterocycles. The third kappa shape index (κ3) is 8.35. The number of likely N-dealkylation sites (tertiary alicyclic amines) is 1. The summed E-state index contributed by atoms with van der Waals surface area (Å²) >= 11 is 0. The van der Waals surface area contributed by atoms with Gasteiger partial charge < -0.3 is 24.3 Å². The Balaban J connectivity index is 0.000000465. The van der Waals surface area contributed by atoms with Crippen LogP contribution in [0.15, 0.2) is 0 Å². The van der Waals surface area contributed by atoms with Crippen LogP contribution in [0.2, 0.25) is 0 Å². The van der Waals surface area contributed by atoms with Crippen LogP contribution in [-0.4, -0.2) is 68.6 Å². The fourth-order valence-corrected chi connectivity index (χ4v) is 2.85. The van der Waals surface area contributed by atoms with E-state index >= 15 is 0 Å². The average Bonchev–Trinajstić information content (AvgIpc) is 3.19. The molecule has 2 aliphatic heterocycles. The molecule has 0 aromatic carbocycles. The highest BCUT2D eigenvalue weighted by Gasteiger charge is 2.31. The molecule has 0 aliphatic carbocycles. The van der Waals surface area contributed by atoms with Gasteiger partial charge in [-0.15, -0.1) is 12.4 Å². The predicted molar refractivity (Wildman–Crippen MR) is 98.1 cm³/mol. The highest BCUT2D eigenvalue weighted by Crippen LogP contribution is 2.19. The Labute approximate surface area is 157 Å². The molecular formula is C17H33ClN2O5. The maximum absolute atomic E-state index is 11.6. The fourth-order valence-electron chi connectivity index (χ4n) is 2.85. The van der Waals surface area contributed by atoms with Crippen LogP contribution in [0.5, 0.6) is 0 Å². The molecule has 2 heterocycles. The second kappa shape index (κ2) is 11.7. The lowest BCUT2D eigenvalue weighted by atomic mass is 10.2. The molecule has 2 fully saturated rings. The van der Waals surface area contributed by atoms with Gasteiger partial charge in [0.1, 0.15) is 11.9 Å². The Kier molecular flexibility index (Phi) is 11.3. The maximum Gasteiger partial charge on any atom is 0.410 e. The predicted octanol–water partition coefficient (Wildman–Crippen LogP) is 2.36. The van der Waals surface area contributed by atoms with Crippen molar-refractivity contribution in [2.45, 2.75) is 70.4 Å². The van der Waals surface area contributed by atoms with Gasteiger partial charge in [-0.05, 0) is 53.0 Å². The van der Waals surface area contributed by atoms with Gasteiger partial charge in [0.2, 0.25) is 0 Å². The number of nitrogens with one attached hydrogen (secondary N) is 1. The summed E-state index contributed by atoms with van der Waals surface area (Å²) in [7, 11) is 3.35. The van der Waals surface area contributed by atoms with E-state index in [0.29, 0.717) is 12.6 Å². The quantitative estimate of drug-likeness (QED) is 0.596. The molecule has 2 rings (SSSR count). The van der Waals surface area contributed by atoms with Crippen molar-refractivity contribution >= 4 is 24.8 Å². The molecule has 25 heavy (non-hydrogen) atoms. The van der Waals surface area contributed by atoms with Gasteiger partial charge >= 0.3 is 6.09 Å². The van der Waals surface area contributed by atoms with Crippen LogP contribution in [0.4, 0.5) is 4.79 Å². The van der Waals surface area contributed by atoms with Crippen LogP contribution in [0.1, 0.15) is 46.5 Å². The van der Waals surface area contributed by atoms with Crippen LogP contribution >= 0.6 is 12.4 Å². The minimum Gasteiger partial charge on any atom is -0.444 e. The highest BCUT2D eigenvalue weighted by molar-refractivity contribution is 5.85. The first-order valence-corrected chi connectivity index (χ1v) is 8.56. The third-order valence-corrected chi connectivity index (χ3v) is 3.98. The van der Waals surface area contributed by atoms with E-state index in [1.54, 1.807) is 14.2 Å². The van der Waals surface area contributed by atoms with Gasteiger partial charge in [-0.1, -0.05) is 0 Å². The number of aldehydes is 1. The maximum atomic E-state index is 11.6. The van der Waals surface area contributed by atoms with E-state index in [0.717, 1.165) is 32.1 Å². The molecule has 0 aromatic heterocycles. The lowest BCUT2D eigenvalue weighted by Gasteiger charge is -2.26. The molecule has 0 saturated carbocycles. The number of carbonyl (C=O) groups is 2. The summed E-state index contributed by atoms with van der Waals surface area (Å²) in [6.07, 6.45) is 4.39. The second-order valence-electron chi connectivity index (χ2n) is 7.06. The molecule has 0 unspecified atom stereocenters. The monoisotopic (exact) mass is 380 g/mol. The van der Waals surface area contributed by atoms with Gasteiger partial charge in [0.25, 0.3) is 0 Å². The summed E-state index contributed by atoms with van der Waals surface area (Å²) in [6, 6.07) is 0.111. The number of halogens is 1. The van der Waals surface area contributed by atoms with Crippen molar-refractivity contribution in [3.05, 3.63) is 0 Å². The van der Waals surface area contributed by atoms with Crippen molar-refractivity contribution in [2.24, 2.45) is 0 Å². The minimum absolute atomic E-state index is 0. The zero-order chi connectivity index (χ0) is 18.2. The smallest absolute Gasteiger partial charge is 0.410 e. The van der Waals surface area contributed by atoms with Gasteiger partial charge in [0, 0.05) is 20.8 Å². The number of carbonyl (C=O) groups excluding carboxylic acids is 2. The van der Waals surface area contributed by atoms with E-state index in [1.807, 2.05) is 20.8 Å². The Bertz CT molecular complexity index is 393. The molecule has 2 atom stereocenters. The van der Waals surface area contributed by atoms with E-state index < -0.39 is 5.60 Å². The molecule has 8 heteroatoms. The Morgan fingerprint density at radius 2 is 1.84 bits per heavy atom. The van der Waals surface area contributed by atoms with Gasteiger partial charge in [-0.2, -0.15) is 0 Å². The molecule has 0 spiro atoms. The van der Waals surface area contributed by atoms with Crippen molar-refractivity contribution < 1.29 is 23.8 Å². The lowest BCUT2D eigenvalue weighted by molar-refractivity contribution is -0.119. The second-order valence-corrected chi connectivity index (χ2v) is 7.06. The van der Waals surface area contributed by atoms with Crippen LogP contribution < -0.4 is 5.32 Å². The van der Waals surface area contributed by atoms with Gasteiger partial charge in [0.05, 0.1) is 12.1 Å². The first-order valence-electron chi connectivity index (χ1n) is 8.56. The lowest BCUT2D eigenvalue weighted by Crippen LogP contribution is -2.40. The number of nitrogens with zero attached hydrogens (tertiary/aromatic N) is 1. The topological polar surface area (TPSA) is 77.1 Å². The average molecular weight is 381 g/mol. The zero-order valence-corrected chi connectivity index (χ0v) is 16.8. The SMILES string of the molecule is CC(C)(C)OC(=O)N1CCC[C@H]1C=O.COC(OC)[C@@H]1CCCN1.Cl. The number of ether oxygens (including phenoxy) is 3. The van der Waals surface area contributed by atoms with E-state index in [9.17, 15) is 9.59 Å². The summed E-state index contributed by atoms with van der Waals surface area (Å²) in [5.74, 6) is 0. The van der Waals surface area contributed by atoms with Gasteiger partial charge in [0.15, 0.2) is 6.29 Å². The van der Waals surface area contributed by atoms with Crippen LogP contribution in [0.25, 0.3) is 0 Å². The third-order valence-electron chi connectivity index (χ3n) is 3.98. The molecule has 0 bridgehead atoms. The molecule has 0 aromatic rings. The van der Waals surface area contributed by atoms with E-state index in [-0.39, 0.29) is 30.8 Å². The van der Waals surface area contributed by atoms with Crippen molar-refractivity contribution in [1.29, 1.82) is 0 Å². The molecule has 1 amide bonds. The zero-order valence-electron chi connectivity index (χ0n) is 15.9. The fraction of sp³-hybridized carbons (Fsp3) is 0.882. The normalized spacial score (nSPS) is 22.9. The molecular weight excluding hydrogens is 348 g/mol. The molecule has 0 radical (unpaired) electrons. The van der Waals surface area contributed by atoms with Crippen molar-refractivity contribution in [3.8, 4) is 0 Å². The summed E-state index contributed by atoms with van der Waals surface area (Å²) in [5.41, 5.74) is -0.493. The van der Waals surface area contributed by atoms with E-state index in [2.05, 4.69) is 5.32 Å². The molecule has 7 nitrogen and oxygen atoms in total. The molecule has 2 aliphatic rings. The van der Waals surface area contributed by atoms with Crippen LogP contribution in [0.3, 0.4) is 0 Å². The number of hydrogen-bond acceptors (Lipinski definition) is 6. The van der Waals surface area contributed by atoms with Crippen molar-refractivity contribution in [2.75, 3.05) is 27.3 Å². The molecule has 148 valence electrons. The minimum atomic E-state index is -0.493. The van der Waals surface area contributed by atoms with Gasteiger partial charge in [-0.25, -0.2) is 4.79 Å². The first kappa shape index (κ1) is 24.1.